The number of halogens is 1. The molecule has 158 valence electrons. The summed E-state index contributed by atoms with van der Waals surface area (Å²) >= 11 is 0. The van der Waals surface area contributed by atoms with Crippen molar-refractivity contribution in [1.29, 1.82) is 0 Å². The molecule has 5 nitrogen and oxygen atoms in total. The van der Waals surface area contributed by atoms with Gasteiger partial charge in [0.25, 0.3) is 0 Å². The summed E-state index contributed by atoms with van der Waals surface area (Å²) in [5, 5.41) is 0. The second kappa shape index (κ2) is 7.79. The van der Waals surface area contributed by atoms with E-state index in [4.69, 9.17) is 5.73 Å². The number of carbonyl (C=O) groups excluding carboxylic acids is 2. The van der Waals surface area contributed by atoms with Crippen LogP contribution in [0.1, 0.15) is 64.2 Å². The first-order valence-electron chi connectivity index (χ1n) is 11.4. The van der Waals surface area contributed by atoms with Gasteiger partial charge in [0.1, 0.15) is 0 Å². The highest BCUT2D eigenvalue weighted by molar-refractivity contribution is 5.85. The fourth-order valence-electron chi connectivity index (χ4n) is 7.54. The first-order valence-corrected chi connectivity index (χ1v) is 11.4. The van der Waals surface area contributed by atoms with E-state index < -0.39 is 0 Å². The zero-order valence-electron chi connectivity index (χ0n) is 17.0. The quantitative estimate of drug-likeness (QED) is 0.779. The largest absolute Gasteiger partial charge is 0.339 e. The summed E-state index contributed by atoms with van der Waals surface area (Å²) in [6.45, 7) is 2.86. The van der Waals surface area contributed by atoms with Crippen molar-refractivity contribution in [3.63, 3.8) is 0 Å². The van der Waals surface area contributed by atoms with E-state index >= 15 is 0 Å². The molecular formula is C22H36ClN3O2. The number of nitrogens with zero attached hydrogens (tertiary/aromatic N) is 2. The van der Waals surface area contributed by atoms with Crippen LogP contribution < -0.4 is 5.73 Å². The van der Waals surface area contributed by atoms with E-state index in [-0.39, 0.29) is 29.8 Å². The van der Waals surface area contributed by atoms with Gasteiger partial charge >= 0.3 is 0 Å². The van der Waals surface area contributed by atoms with E-state index in [2.05, 4.69) is 4.90 Å². The van der Waals surface area contributed by atoms with Gasteiger partial charge in [-0.05, 0) is 75.0 Å². The van der Waals surface area contributed by atoms with E-state index in [9.17, 15) is 9.59 Å². The molecule has 0 spiro atoms. The molecule has 1 heterocycles. The Morgan fingerprint density at radius 3 is 1.89 bits per heavy atom. The maximum absolute atomic E-state index is 13.5. The zero-order chi connectivity index (χ0) is 18.6. The number of hydrogen-bond acceptors (Lipinski definition) is 3. The molecule has 2 amide bonds. The standard InChI is InChI=1S/C22H35N3O2.ClH/c23-19-3-1-2-18(19)11-20(26)24-4-6-25(7-5-24)21(27)22-12-15-8-16(13-22)10-17(9-15)14-22;/h15-19H,1-14,23H2;1H/t15?,16?,17?,18-,19+,22?;/m0./s1. The SMILES string of the molecule is Cl.N[C@@H]1CCC[C@H]1CC(=O)N1CCN(C(=O)C23CC4CC(CC(C4)C2)C3)CC1. The number of nitrogens with two attached hydrogens (primary N) is 1. The van der Waals surface area contributed by atoms with Crippen LogP contribution in [0.15, 0.2) is 0 Å². The number of carbonyl (C=O) groups is 2. The van der Waals surface area contributed by atoms with Crippen LogP contribution in [0.2, 0.25) is 0 Å². The van der Waals surface area contributed by atoms with Crippen molar-refractivity contribution in [2.75, 3.05) is 26.2 Å². The lowest BCUT2D eigenvalue weighted by Gasteiger charge is -2.57. The summed E-state index contributed by atoms with van der Waals surface area (Å²) in [5.41, 5.74) is 6.09. The van der Waals surface area contributed by atoms with Crippen LogP contribution in [0.4, 0.5) is 0 Å². The van der Waals surface area contributed by atoms with Crippen molar-refractivity contribution in [1.82, 2.24) is 9.80 Å². The van der Waals surface area contributed by atoms with E-state index in [1.165, 1.54) is 19.3 Å². The second-order valence-corrected chi connectivity index (χ2v) is 10.4. The highest BCUT2D eigenvalue weighted by atomic mass is 35.5. The van der Waals surface area contributed by atoms with Crippen LogP contribution in [0, 0.1) is 29.1 Å². The molecule has 1 saturated heterocycles. The Kier molecular flexibility index (Phi) is 5.69. The third kappa shape index (κ3) is 3.58. The molecule has 5 aliphatic carbocycles. The third-order valence-electron chi connectivity index (χ3n) is 8.57. The average molecular weight is 410 g/mol. The van der Waals surface area contributed by atoms with Crippen molar-refractivity contribution >= 4 is 24.2 Å². The summed E-state index contributed by atoms with van der Waals surface area (Å²) in [7, 11) is 0. The minimum atomic E-state index is -0.0441. The van der Waals surface area contributed by atoms with Crippen LogP contribution >= 0.6 is 12.4 Å². The number of rotatable bonds is 3. The Morgan fingerprint density at radius 2 is 1.39 bits per heavy atom. The summed E-state index contributed by atoms with van der Waals surface area (Å²) in [6.07, 6.45) is 11.4. The molecule has 0 unspecified atom stereocenters. The first kappa shape index (κ1) is 20.5. The molecule has 0 radical (unpaired) electrons. The minimum absolute atomic E-state index is 0. The Bertz CT molecular complexity index is 582. The van der Waals surface area contributed by atoms with Gasteiger partial charge in [-0.1, -0.05) is 6.42 Å². The lowest BCUT2D eigenvalue weighted by molar-refractivity contribution is -0.160. The fraction of sp³-hybridized carbons (Fsp3) is 0.909. The second-order valence-electron chi connectivity index (χ2n) is 10.4. The van der Waals surface area contributed by atoms with Crippen LogP contribution in [0.25, 0.3) is 0 Å². The maximum Gasteiger partial charge on any atom is 0.228 e. The van der Waals surface area contributed by atoms with Gasteiger partial charge in [0.2, 0.25) is 11.8 Å². The van der Waals surface area contributed by atoms with Gasteiger partial charge in [-0.25, -0.2) is 0 Å². The molecule has 6 fully saturated rings. The Balaban J connectivity index is 0.00000192. The summed E-state index contributed by atoms with van der Waals surface area (Å²) < 4.78 is 0. The van der Waals surface area contributed by atoms with E-state index in [1.807, 2.05) is 4.90 Å². The molecule has 6 rings (SSSR count). The number of amides is 2. The Labute approximate surface area is 175 Å². The maximum atomic E-state index is 13.5. The van der Waals surface area contributed by atoms with Gasteiger partial charge in [0, 0.05) is 38.6 Å². The normalized spacial score (nSPS) is 41.8. The Hall–Kier alpha value is -0.810. The minimum Gasteiger partial charge on any atom is -0.339 e. The molecule has 4 bridgehead atoms. The molecular weight excluding hydrogens is 374 g/mol. The third-order valence-corrected chi connectivity index (χ3v) is 8.57. The molecule has 0 aromatic rings. The molecule has 6 heteroatoms. The molecule has 28 heavy (non-hydrogen) atoms. The van der Waals surface area contributed by atoms with Crippen molar-refractivity contribution in [2.45, 2.75) is 70.3 Å². The van der Waals surface area contributed by atoms with Gasteiger partial charge in [0.15, 0.2) is 0 Å². The van der Waals surface area contributed by atoms with Crippen LogP contribution in [-0.2, 0) is 9.59 Å². The molecule has 0 aromatic heterocycles. The smallest absolute Gasteiger partial charge is 0.228 e. The Morgan fingerprint density at radius 1 is 0.857 bits per heavy atom. The van der Waals surface area contributed by atoms with Gasteiger partial charge in [0.05, 0.1) is 5.41 Å². The van der Waals surface area contributed by atoms with Gasteiger partial charge in [-0.2, -0.15) is 0 Å². The van der Waals surface area contributed by atoms with E-state index in [0.717, 1.165) is 69.4 Å². The average Bonchev–Trinajstić information content (AvgIpc) is 3.05. The number of piperazine rings is 1. The zero-order valence-corrected chi connectivity index (χ0v) is 17.8. The highest BCUT2D eigenvalue weighted by Crippen LogP contribution is 2.60. The van der Waals surface area contributed by atoms with Gasteiger partial charge in [-0.3, -0.25) is 9.59 Å². The van der Waals surface area contributed by atoms with Crippen molar-refractivity contribution in [2.24, 2.45) is 34.8 Å². The lowest BCUT2D eigenvalue weighted by Crippen LogP contribution is -2.58. The van der Waals surface area contributed by atoms with Crippen molar-refractivity contribution < 1.29 is 9.59 Å². The van der Waals surface area contributed by atoms with Gasteiger partial charge in [-0.15, -0.1) is 12.4 Å². The van der Waals surface area contributed by atoms with E-state index in [1.54, 1.807) is 0 Å². The molecule has 2 N–H and O–H groups in total. The monoisotopic (exact) mass is 409 g/mol. The number of hydrogen-bond donors (Lipinski definition) is 1. The fourth-order valence-corrected chi connectivity index (χ4v) is 7.54. The molecule has 6 aliphatic rings. The summed E-state index contributed by atoms with van der Waals surface area (Å²) in [6, 6.07) is 0.202. The first-order chi connectivity index (χ1) is 13.0. The molecule has 0 aromatic carbocycles. The predicted molar refractivity (Wildman–Crippen MR) is 111 cm³/mol. The predicted octanol–water partition coefficient (Wildman–Crippen LogP) is 2.81. The van der Waals surface area contributed by atoms with Crippen LogP contribution in [0.3, 0.4) is 0 Å². The van der Waals surface area contributed by atoms with Crippen LogP contribution in [0.5, 0.6) is 0 Å². The van der Waals surface area contributed by atoms with Crippen molar-refractivity contribution in [3.05, 3.63) is 0 Å². The summed E-state index contributed by atoms with van der Waals surface area (Å²) in [5.74, 6) is 3.45. The summed E-state index contributed by atoms with van der Waals surface area (Å²) in [4.78, 5) is 30.2. The topological polar surface area (TPSA) is 66.6 Å². The molecule has 1 aliphatic heterocycles. The highest BCUT2D eigenvalue weighted by Gasteiger charge is 2.55. The van der Waals surface area contributed by atoms with Crippen LogP contribution in [-0.4, -0.2) is 53.8 Å². The van der Waals surface area contributed by atoms with Gasteiger partial charge < -0.3 is 15.5 Å². The van der Waals surface area contributed by atoms with Crippen molar-refractivity contribution in [3.8, 4) is 0 Å². The van der Waals surface area contributed by atoms with E-state index in [0.29, 0.717) is 31.3 Å². The lowest BCUT2D eigenvalue weighted by atomic mass is 9.49. The molecule has 2 atom stereocenters. The molecule has 5 saturated carbocycles.